The van der Waals surface area contributed by atoms with Gasteiger partial charge in [-0.3, -0.25) is 0 Å². The number of amides is 2. The number of guanidine groups is 1. The first kappa shape index (κ1) is 22.5. The number of hydrogen-bond acceptors (Lipinski definition) is 3. The van der Waals surface area contributed by atoms with Crippen LogP contribution in [-0.2, 0) is 13.0 Å². The molecule has 1 aliphatic heterocycles. The van der Waals surface area contributed by atoms with Crippen molar-refractivity contribution < 1.29 is 9.53 Å². The van der Waals surface area contributed by atoms with E-state index in [2.05, 4.69) is 35.0 Å². The minimum atomic E-state index is -0.0216. The first-order valence-corrected chi connectivity index (χ1v) is 11.0. The fraction of sp³-hybridized carbons (Fsp3) is 0.417. The molecular formula is C24H33N5O2. The first-order valence-electron chi connectivity index (χ1n) is 11.0. The third-order valence-electron chi connectivity index (χ3n) is 5.20. The lowest BCUT2D eigenvalue weighted by Gasteiger charge is -2.16. The van der Waals surface area contributed by atoms with Gasteiger partial charge in [-0.1, -0.05) is 24.3 Å². The van der Waals surface area contributed by atoms with Crippen LogP contribution in [0.2, 0.25) is 0 Å². The molecule has 0 spiro atoms. The fourth-order valence-electron chi connectivity index (χ4n) is 3.50. The second-order valence-electron chi connectivity index (χ2n) is 7.54. The van der Waals surface area contributed by atoms with Gasteiger partial charge in [0.05, 0.1) is 13.7 Å². The largest absolute Gasteiger partial charge is 0.497 e. The summed E-state index contributed by atoms with van der Waals surface area (Å²) in [5.74, 6) is 1.65. The fourth-order valence-corrected chi connectivity index (χ4v) is 3.50. The highest BCUT2D eigenvalue weighted by Gasteiger charge is 2.17. The van der Waals surface area contributed by atoms with Gasteiger partial charge in [0.1, 0.15) is 5.75 Å². The Kier molecular flexibility index (Phi) is 8.58. The average Bonchev–Trinajstić information content (AvgIpc) is 3.33. The van der Waals surface area contributed by atoms with E-state index >= 15 is 0 Å². The van der Waals surface area contributed by atoms with E-state index in [-0.39, 0.29) is 6.03 Å². The SMILES string of the molecule is CCNC(=NCc1cccc(NC(=O)N2CCCC2)c1)NCCc1ccc(OC)cc1. The van der Waals surface area contributed by atoms with Crippen molar-refractivity contribution in [3.63, 3.8) is 0 Å². The van der Waals surface area contributed by atoms with Crippen LogP contribution in [0, 0.1) is 0 Å². The number of nitrogens with one attached hydrogen (secondary N) is 3. The summed E-state index contributed by atoms with van der Waals surface area (Å²) in [5, 5.41) is 9.66. The summed E-state index contributed by atoms with van der Waals surface area (Å²) >= 11 is 0. The van der Waals surface area contributed by atoms with Crippen molar-refractivity contribution in [3.05, 3.63) is 59.7 Å². The number of methoxy groups -OCH3 is 1. The van der Waals surface area contributed by atoms with E-state index < -0.39 is 0 Å². The first-order chi connectivity index (χ1) is 15.2. The molecule has 2 amide bonds. The molecule has 1 saturated heterocycles. The number of likely N-dealkylation sites (tertiary alicyclic amines) is 1. The van der Waals surface area contributed by atoms with Crippen LogP contribution in [0.25, 0.3) is 0 Å². The van der Waals surface area contributed by atoms with Gasteiger partial charge in [0.25, 0.3) is 0 Å². The molecule has 1 aliphatic rings. The number of urea groups is 1. The van der Waals surface area contributed by atoms with Crippen molar-refractivity contribution in [1.29, 1.82) is 0 Å². The van der Waals surface area contributed by atoms with Gasteiger partial charge >= 0.3 is 6.03 Å². The molecule has 0 bridgehead atoms. The average molecular weight is 424 g/mol. The maximum atomic E-state index is 12.3. The van der Waals surface area contributed by atoms with Crippen molar-refractivity contribution in [2.75, 3.05) is 38.6 Å². The van der Waals surface area contributed by atoms with Crippen LogP contribution in [0.1, 0.15) is 30.9 Å². The van der Waals surface area contributed by atoms with E-state index in [9.17, 15) is 4.79 Å². The van der Waals surface area contributed by atoms with Gasteiger partial charge in [0.2, 0.25) is 0 Å². The number of benzene rings is 2. The molecule has 31 heavy (non-hydrogen) atoms. The number of aliphatic imine (C=N–C) groups is 1. The minimum absolute atomic E-state index is 0.0216. The van der Waals surface area contributed by atoms with E-state index in [4.69, 9.17) is 9.73 Å². The number of ether oxygens (including phenoxy) is 1. The van der Waals surface area contributed by atoms with Crippen molar-refractivity contribution in [2.24, 2.45) is 4.99 Å². The Morgan fingerprint density at radius 3 is 2.55 bits per heavy atom. The van der Waals surface area contributed by atoms with E-state index in [1.165, 1.54) is 5.56 Å². The van der Waals surface area contributed by atoms with Crippen LogP contribution in [0.3, 0.4) is 0 Å². The molecule has 2 aromatic rings. The third kappa shape index (κ3) is 7.20. The summed E-state index contributed by atoms with van der Waals surface area (Å²) in [6.45, 7) is 5.83. The Morgan fingerprint density at radius 2 is 1.84 bits per heavy atom. The summed E-state index contributed by atoms with van der Waals surface area (Å²) in [6.07, 6.45) is 3.06. The van der Waals surface area contributed by atoms with Crippen molar-refractivity contribution in [1.82, 2.24) is 15.5 Å². The van der Waals surface area contributed by atoms with E-state index in [1.807, 2.05) is 41.3 Å². The van der Waals surface area contributed by atoms with Crippen LogP contribution < -0.4 is 20.7 Å². The van der Waals surface area contributed by atoms with Gasteiger partial charge < -0.3 is 25.6 Å². The molecule has 3 rings (SSSR count). The Balaban J connectivity index is 1.52. The Hall–Kier alpha value is -3.22. The molecule has 0 aliphatic carbocycles. The lowest BCUT2D eigenvalue weighted by Crippen LogP contribution is -2.38. The van der Waals surface area contributed by atoms with E-state index in [0.29, 0.717) is 6.54 Å². The predicted octanol–water partition coefficient (Wildman–Crippen LogP) is 3.62. The number of anilines is 1. The van der Waals surface area contributed by atoms with E-state index in [1.54, 1.807) is 7.11 Å². The second kappa shape index (κ2) is 11.8. The Bertz CT molecular complexity index is 861. The lowest BCUT2D eigenvalue weighted by atomic mass is 10.1. The van der Waals surface area contributed by atoms with Gasteiger partial charge in [-0.25, -0.2) is 9.79 Å². The molecule has 166 valence electrons. The van der Waals surface area contributed by atoms with Crippen LogP contribution in [-0.4, -0.2) is 50.2 Å². The quantitative estimate of drug-likeness (QED) is 0.448. The van der Waals surface area contributed by atoms with Crippen molar-refractivity contribution in [3.8, 4) is 5.75 Å². The van der Waals surface area contributed by atoms with Gasteiger partial charge in [0.15, 0.2) is 5.96 Å². The molecule has 1 fully saturated rings. The summed E-state index contributed by atoms with van der Waals surface area (Å²) in [4.78, 5) is 18.9. The maximum absolute atomic E-state index is 12.3. The van der Waals surface area contributed by atoms with E-state index in [0.717, 1.165) is 68.4 Å². The lowest BCUT2D eigenvalue weighted by molar-refractivity contribution is 0.222. The minimum Gasteiger partial charge on any atom is -0.497 e. The highest BCUT2D eigenvalue weighted by Crippen LogP contribution is 2.15. The van der Waals surface area contributed by atoms with Gasteiger partial charge in [-0.05, 0) is 61.6 Å². The summed E-state index contributed by atoms with van der Waals surface area (Å²) in [6, 6.07) is 16.0. The molecule has 2 aromatic carbocycles. The molecule has 0 unspecified atom stereocenters. The topological polar surface area (TPSA) is 78.0 Å². The normalized spacial score (nSPS) is 13.7. The Labute approximate surface area is 184 Å². The van der Waals surface area contributed by atoms with Crippen molar-refractivity contribution >= 4 is 17.7 Å². The standard InChI is InChI=1S/C24H33N5O2/c1-3-25-23(26-14-13-19-9-11-22(31-2)12-10-19)27-18-20-7-6-8-21(17-20)28-24(30)29-15-4-5-16-29/h6-12,17H,3-5,13-16,18H2,1-2H3,(H,28,30)(H2,25,26,27). The van der Waals surface area contributed by atoms with Crippen molar-refractivity contribution in [2.45, 2.75) is 32.7 Å². The number of carbonyl (C=O) groups excluding carboxylic acids is 1. The van der Waals surface area contributed by atoms with Crippen LogP contribution >= 0.6 is 0 Å². The number of rotatable bonds is 8. The third-order valence-corrected chi connectivity index (χ3v) is 5.20. The Morgan fingerprint density at radius 1 is 1.06 bits per heavy atom. The maximum Gasteiger partial charge on any atom is 0.321 e. The zero-order chi connectivity index (χ0) is 21.9. The monoisotopic (exact) mass is 423 g/mol. The molecule has 1 heterocycles. The zero-order valence-corrected chi connectivity index (χ0v) is 18.5. The molecule has 7 nitrogen and oxygen atoms in total. The summed E-state index contributed by atoms with van der Waals surface area (Å²) in [7, 11) is 1.67. The van der Waals surface area contributed by atoms with Gasteiger partial charge in [-0.2, -0.15) is 0 Å². The van der Waals surface area contributed by atoms with Crippen LogP contribution in [0.15, 0.2) is 53.5 Å². The second-order valence-corrected chi connectivity index (χ2v) is 7.54. The predicted molar refractivity (Wildman–Crippen MR) is 126 cm³/mol. The number of carbonyl (C=O) groups is 1. The number of nitrogens with zero attached hydrogens (tertiary/aromatic N) is 2. The molecule has 0 saturated carbocycles. The molecule has 7 heteroatoms. The zero-order valence-electron chi connectivity index (χ0n) is 18.5. The smallest absolute Gasteiger partial charge is 0.321 e. The van der Waals surface area contributed by atoms with Crippen LogP contribution in [0.4, 0.5) is 10.5 Å². The molecule has 3 N–H and O–H groups in total. The number of hydrogen-bond donors (Lipinski definition) is 3. The molecule has 0 radical (unpaired) electrons. The van der Waals surface area contributed by atoms with Gasteiger partial charge in [0, 0.05) is 31.9 Å². The van der Waals surface area contributed by atoms with Gasteiger partial charge in [-0.15, -0.1) is 0 Å². The van der Waals surface area contributed by atoms with Crippen LogP contribution in [0.5, 0.6) is 5.75 Å². The molecular weight excluding hydrogens is 390 g/mol. The summed E-state index contributed by atoms with van der Waals surface area (Å²) in [5.41, 5.74) is 3.10. The summed E-state index contributed by atoms with van der Waals surface area (Å²) < 4.78 is 5.20. The molecule has 0 aromatic heterocycles. The highest BCUT2D eigenvalue weighted by atomic mass is 16.5. The molecule has 0 atom stereocenters. The highest BCUT2D eigenvalue weighted by molar-refractivity contribution is 5.89.